The molecule has 0 aliphatic heterocycles. The molecule has 0 spiro atoms. The van der Waals surface area contributed by atoms with Crippen molar-refractivity contribution in [3.8, 4) is 0 Å². The molecule has 0 aromatic carbocycles. The van der Waals surface area contributed by atoms with Gasteiger partial charge in [-0.3, -0.25) is 0 Å². The molecule has 1 nitrogen and oxygen atoms in total. The molecule has 1 unspecified atom stereocenters. The summed E-state index contributed by atoms with van der Waals surface area (Å²) in [6.45, 7) is 4.31. The Kier molecular flexibility index (Phi) is 3.76. The van der Waals surface area contributed by atoms with Gasteiger partial charge in [0.15, 0.2) is 0 Å². The predicted octanol–water partition coefficient (Wildman–Crippen LogP) is 2.73. The van der Waals surface area contributed by atoms with Crippen LogP contribution >= 0.6 is 11.3 Å². The highest BCUT2D eigenvalue weighted by atomic mass is 32.1. The van der Waals surface area contributed by atoms with Crippen LogP contribution in [0.1, 0.15) is 30.2 Å². The van der Waals surface area contributed by atoms with Crippen molar-refractivity contribution in [2.45, 2.75) is 39.2 Å². The molecule has 2 N–H and O–H groups in total. The van der Waals surface area contributed by atoms with Gasteiger partial charge >= 0.3 is 0 Å². The highest BCUT2D eigenvalue weighted by molar-refractivity contribution is 7.10. The number of aryl methyl sites for hydroxylation is 2. The first-order valence-electron chi connectivity index (χ1n) is 4.52. The number of hydrogen-bond acceptors (Lipinski definition) is 2. The third kappa shape index (κ3) is 2.61. The van der Waals surface area contributed by atoms with Crippen LogP contribution in [0, 0.1) is 6.92 Å². The first kappa shape index (κ1) is 9.75. The maximum absolute atomic E-state index is 5.84. The van der Waals surface area contributed by atoms with Crippen LogP contribution < -0.4 is 5.73 Å². The minimum atomic E-state index is 0.381. The van der Waals surface area contributed by atoms with Crippen molar-refractivity contribution in [1.82, 2.24) is 0 Å². The maximum Gasteiger partial charge on any atom is 0.00749 e. The second-order valence-corrected chi connectivity index (χ2v) is 4.23. The van der Waals surface area contributed by atoms with Gasteiger partial charge in [0.1, 0.15) is 0 Å². The van der Waals surface area contributed by atoms with Gasteiger partial charge < -0.3 is 5.73 Å². The SMILES string of the molecule is CCC(N)CCc1sccc1C. The second-order valence-electron chi connectivity index (χ2n) is 3.23. The quantitative estimate of drug-likeness (QED) is 0.763. The van der Waals surface area contributed by atoms with Gasteiger partial charge in [-0.05, 0) is 43.2 Å². The van der Waals surface area contributed by atoms with Crippen LogP contribution in [0.3, 0.4) is 0 Å². The molecule has 0 bridgehead atoms. The van der Waals surface area contributed by atoms with Gasteiger partial charge in [-0.2, -0.15) is 0 Å². The minimum Gasteiger partial charge on any atom is -0.328 e. The number of thiophene rings is 1. The molecular formula is C10H17NS. The second kappa shape index (κ2) is 4.63. The van der Waals surface area contributed by atoms with Crippen molar-refractivity contribution in [3.05, 3.63) is 21.9 Å². The Morgan fingerprint density at radius 3 is 2.83 bits per heavy atom. The topological polar surface area (TPSA) is 26.0 Å². The molecule has 1 rings (SSSR count). The van der Waals surface area contributed by atoms with Gasteiger partial charge in [0.2, 0.25) is 0 Å². The fourth-order valence-corrected chi connectivity index (χ4v) is 2.11. The van der Waals surface area contributed by atoms with Gasteiger partial charge in [0, 0.05) is 10.9 Å². The summed E-state index contributed by atoms with van der Waals surface area (Å²) >= 11 is 1.85. The highest BCUT2D eigenvalue weighted by Gasteiger charge is 2.03. The monoisotopic (exact) mass is 183 g/mol. The van der Waals surface area contributed by atoms with E-state index in [9.17, 15) is 0 Å². The van der Waals surface area contributed by atoms with E-state index in [0.717, 1.165) is 19.3 Å². The minimum absolute atomic E-state index is 0.381. The van der Waals surface area contributed by atoms with Crippen LogP contribution in [0.15, 0.2) is 11.4 Å². The Morgan fingerprint density at radius 2 is 2.33 bits per heavy atom. The molecule has 12 heavy (non-hydrogen) atoms. The highest BCUT2D eigenvalue weighted by Crippen LogP contribution is 2.17. The average Bonchev–Trinajstić information content (AvgIpc) is 2.47. The molecule has 1 heterocycles. The first-order valence-corrected chi connectivity index (χ1v) is 5.40. The number of rotatable bonds is 4. The normalized spacial score (nSPS) is 13.2. The van der Waals surface area contributed by atoms with Gasteiger partial charge in [0.05, 0.1) is 0 Å². The lowest BCUT2D eigenvalue weighted by molar-refractivity contribution is 0.598. The summed E-state index contributed by atoms with van der Waals surface area (Å²) in [7, 11) is 0. The summed E-state index contributed by atoms with van der Waals surface area (Å²) in [5.41, 5.74) is 7.26. The molecule has 0 aliphatic rings. The first-order chi connectivity index (χ1) is 5.74. The molecule has 0 saturated carbocycles. The summed E-state index contributed by atoms with van der Waals surface area (Å²) in [6.07, 6.45) is 3.36. The summed E-state index contributed by atoms with van der Waals surface area (Å²) in [5, 5.41) is 2.15. The zero-order valence-electron chi connectivity index (χ0n) is 7.84. The third-order valence-electron chi connectivity index (χ3n) is 2.23. The Bertz CT molecular complexity index is 229. The lowest BCUT2D eigenvalue weighted by Crippen LogP contribution is -2.18. The van der Waals surface area contributed by atoms with E-state index >= 15 is 0 Å². The third-order valence-corrected chi connectivity index (χ3v) is 3.32. The molecule has 1 aromatic heterocycles. The van der Waals surface area contributed by atoms with Crippen molar-refractivity contribution in [1.29, 1.82) is 0 Å². The molecule has 1 aromatic rings. The van der Waals surface area contributed by atoms with Gasteiger partial charge in [-0.1, -0.05) is 6.92 Å². The van der Waals surface area contributed by atoms with Crippen LogP contribution in [0.5, 0.6) is 0 Å². The smallest absolute Gasteiger partial charge is 0.00749 e. The molecule has 1 atom stereocenters. The molecule has 68 valence electrons. The van der Waals surface area contributed by atoms with E-state index in [0.29, 0.717) is 6.04 Å². The molecule has 2 heteroatoms. The van der Waals surface area contributed by atoms with Crippen LogP contribution in [0.4, 0.5) is 0 Å². The summed E-state index contributed by atoms with van der Waals surface area (Å²) < 4.78 is 0. The predicted molar refractivity (Wildman–Crippen MR) is 55.6 cm³/mol. The maximum atomic E-state index is 5.84. The van der Waals surface area contributed by atoms with Crippen molar-refractivity contribution in [2.75, 3.05) is 0 Å². The standard InChI is InChI=1S/C10H17NS/c1-3-9(11)4-5-10-8(2)6-7-12-10/h6-7,9H,3-5,11H2,1-2H3. The van der Waals surface area contributed by atoms with E-state index < -0.39 is 0 Å². The zero-order valence-corrected chi connectivity index (χ0v) is 8.66. The van der Waals surface area contributed by atoms with Gasteiger partial charge in [-0.15, -0.1) is 11.3 Å². The van der Waals surface area contributed by atoms with Crippen molar-refractivity contribution in [2.24, 2.45) is 5.73 Å². The van der Waals surface area contributed by atoms with Gasteiger partial charge in [-0.25, -0.2) is 0 Å². The van der Waals surface area contributed by atoms with E-state index in [1.807, 2.05) is 11.3 Å². The lowest BCUT2D eigenvalue weighted by atomic mass is 10.1. The Hall–Kier alpha value is -0.340. The van der Waals surface area contributed by atoms with Gasteiger partial charge in [0.25, 0.3) is 0 Å². The fourth-order valence-electron chi connectivity index (χ4n) is 1.18. The lowest BCUT2D eigenvalue weighted by Gasteiger charge is -2.07. The van der Waals surface area contributed by atoms with Crippen LogP contribution in [0.25, 0.3) is 0 Å². The van der Waals surface area contributed by atoms with Crippen molar-refractivity contribution < 1.29 is 0 Å². The van der Waals surface area contributed by atoms with E-state index in [-0.39, 0.29) is 0 Å². The zero-order chi connectivity index (χ0) is 8.97. The number of hydrogen-bond donors (Lipinski definition) is 1. The van der Waals surface area contributed by atoms with Crippen molar-refractivity contribution in [3.63, 3.8) is 0 Å². The Morgan fingerprint density at radius 1 is 1.58 bits per heavy atom. The molecule has 0 aliphatic carbocycles. The van der Waals surface area contributed by atoms with Crippen LogP contribution in [-0.2, 0) is 6.42 Å². The average molecular weight is 183 g/mol. The van der Waals surface area contributed by atoms with E-state index in [2.05, 4.69) is 25.3 Å². The molecular weight excluding hydrogens is 166 g/mol. The van der Waals surface area contributed by atoms with E-state index in [1.54, 1.807) is 0 Å². The van der Waals surface area contributed by atoms with Crippen LogP contribution in [0.2, 0.25) is 0 Å². The summed E-state index contributed by atoms with van der Waals surface area (Å²) in [6, 6.07) is 2.56. The van der Waals surface area contributed by atoms with E-state index in [4.69, 9.17) is 5.73 Å². The van der Waals surface area contributed by atoms with Crippen molar-refractivity contribution >= 4 is 11.3 Å². The Balaban J connectivity index is 2.38. The summed E-state index contributed by atoms with van der Waals surface area (Å²) in [4.78, 5) is 1.50. The van der Waals surface area contributed by atoms with E-state index in [1.165, 1.54) is 10.4 Å². The molecule has 0 fully saturated rings. The molecule has 0 radical (unpaired) electrons. The number of nitrogens with two attached hydrogens (primary N) is 1. The molecule has 0 amide bonds. The fraction of sp³-hybridized carbons (Fsp3) is 0.600. The summed E-state index contributed by atoms with van der Waals surface area (Å²) in [5.74, 6) is 0. The largest absolute Gasteiger partial charge is 0.328 e. The van der Waals surface area contributed by atoms with Crippen LogP contribution in [-0.4, -0.2) is 6.04 Å². The Labute approximate surface area is 78.6 Å². The molecule has 0 saturated heterocycles.